The van der Waals surface area contributed by atoms with E-state index in [4.69, 9.17) is 27.9 Å². The molecule has 0 aliphatic rings. The number of hydrogen-bond donors (Lipinski definition) is 2. The van der Waals surface area contributed by atoms with E-state index < -0.39 is 5.91 Å². The molecule has 1 aromatic rings. The second kappa shape index (κ2) is 7.86. The van der Waals surface area contributed by atoms with Gasteiger partial charge in [-0.2, -0.15) is 0 Å². The average molecular weight is 305 g/mol. The van der Waals surface area contributed by atoms with Crippen LogP contribution in [0, 0.1) is 0 Å². The summed E-state index contributed by atoms with van der Waals surface area (Å²) in [6, 6.07) is 4.88. The molecule has 0 atom stereocenters. The van der Waals surface area contributed by atoms with Gasteiger partial charge in [-0.15, -0.1) is 0 Å². The van der Waals surface area contributed by atoms with E-state index in [1.165, 1.54) is 0 Å². The maximum atomic E-state index is 11.4. The Morgan fingerprint density at radius 2 is 1.95 bits per heavy atom. The molecule has 5 nitrogen and oxygen atoms in total. The minimum absolute atomic E-state index is 0.0840. The van der Waals surface area contributed by atoms with E-state index in [1.807, 2.05) is 0 Å². The van der Waals surface area contributed by atoms with E-state index in [2.05, 4.69) is 10.6 Å². The van der Waals surface area contributed by atoms with Crippen LogP contribution in [0.2, 0.25) is 10.0 Å². The van der Waals surface area contributed by atoms with Crippen molar-refractivity contribution in [3.63, 3.8) is 0 Å². The molecule has 0 heterocycles. The third-order valence-electron chi connectivity index (χ3n) is 2.09. The summed E-state index contributed by atoms with van der Waals surface area (Å²) in [5.41, 5.74) is 0. The molecule has 104 valence electrons. The fourth-order valence-corrected chi connectivity index (χ4v) is 1.57. The van der Waals surface area contributed by atoms with E-state index in [-0.39, 0.29) is 24.1 Å². The van der Waals surface area contributed by atoms with Crippen molar-refractivity contribution in [3.05, 3.63) is 28.2 Å². The van der Waals surface area contributed by atoms with Gasteiger partial charge in [0.15, 0.2) is 6.61 Å². The first kappa shape index (κ1) is 15.6. The lowest BCUT2D eigenvalue weighted by molar-refractivity contribution is -0.127. The molecule has 0 aliphatic carbocycles. The highest BCUT2D eigenvalue weighted by molar-refractivity contribution is 6.42. The number of hydrogen-bond acceptors (Lipinski definition) is 3. The second-order valence-corrected chi connectivity index (χ2v) is 4.36. The molecule has 0 radical (unpaired) electrons. The molecule has 0 aliphatic heterocycles. The van der Waals surface area contributed by atoms with Crippen molar-refractivity contribution in [1.82, 2.24) is 10.6 Å². The Labute approximate surface area is 121 Å². The summed E-state index contributed by atoms with van der Waals surface area (Å²) < 4.78 is 5.21. The zero-order chi connectivity index (χ0) is 14.3. The lowest BCUT2D eigenvalue weighted by Crippen LogP contribution is -2.38. The molecular weight excluding hydrogens is 291 g/mol. The second-order valence-electron chi connectivity index (χ2n) is 3.57. The van der Waals surface area contributed by atoms with Crippen LogP contribution in [-0.4, -0.2) is 31.5 Å². The molecule has 1 aromatic carbocycles. The van der Waals surface area contributed by atoms with Crippen LogP contribution in [-0.2, 0) is 9.59 Å². The van der Waals surface area contributed by atoms with Crippen LogP contribution in [0.4, 0.5) is 0 Å². The Morgan fingerprint density at radius 1 is 1.21 bits per heavy atom. The van der Waals surface area contributed by atoms with Crippen molar-refractivity contribution in [1.29, 1.82) is 0 Å². The van der Waals surface area contributed by atoms with Gasteiger partial charge in [-0.05, 0) is 19.1 Å². The summed E-state index contributed by atoms with van der Waals surface area (Å²) in [4.78, 5) is 22.5. The summed E-state index contributed by atoms with van der Waals surface area (Å²) in [5.74, 6) is -0.346. The third kappa shape index (κ3) is 5.36. The van der Waals surface area contributed by atoms with Crippen molar-refractivity contribution in [3.8, 4) is 5.75 Å². The van der Waals surface area contributed by atoms with Gasteiger partial charge in [-0.1, -0.05) is 29.3 Å². The van der Waals surface area contributed by atoms with Crippen LogP contribution >= 0.6 is 23.2 Å². The summed E-state index contributed by atoms with van der Waals surface area (Å²) >= 11 is 11.7. The summed E-state index contributed by atoms with van der Waals surface area (Å²) in [6.45, 7) is 1.99. The van der Waals surface area contributed by atoms with Crippen molar-refractivity contribution >= 4 is 35.0 Å². The molecule has 7 heteroatoms. The maximum absolute atomic E-state index is 11.4. The summed E-state index contributed by atoms with van der Waals surface area (Å²) in [5, 5.41) is 5.58. The maximum Gasteiger partial charge on any atom is 0.258 e. The average Bonchev–Trinajstić information content (AvgIpc) is 2.38. The van der Waals surface area contributed by atoms with E-state index in [0.29, 0.717) is 17.3 Å². The number of nitrogens with one attached hydrogen (secondary N) is 2. The lowest BCUT2D eigenvalue weighted by atomic mass is 10.3. The van der Waals surface area contributed by atoms with Crippen LogP contribution in [0.15, 0.2) is 18.2 Å². The minimum Gasteiger partial charge on any atom is -0.482 e. The first-order valence-electron chi connectivity index (χ1n) is 5.64. The Hall–Kier alpha value is -1.46. The van der Waals surface area contributed by atoms with Gasteiger partial charge in [-0.25, -0.2) is 0 Å². The zero-order valence-corrected chi connectivity index (χ0v) is 11.8. The minimum atomic E-state index is -0.415. The molecule has 19 heavy (non-hydrogen) atoms. The van der Waals surface area contributed by atoms with E-state index >= 15 is 0 Å². The van der Waals surface area contributed by atoms with E-state index in [1.54, 1.807) is 25.1 Å². The predicted octanol–water partition coefficient (Wildman–Crippen LogP) is 1.62. The van der Waals surface area contributed by atoms with Crippen LogP contribution in [0.1, 0.15) is 6.92 Å². The Bertz CT molecular complexity index is 466. The Morgan fingerprint density at radius 3 is 2.63 bits per heavy atom. The molecule has 0 saturated heterocycles. The first-order chi connectivity index (χ1) is 9.04. The van der Waals surface area contributed by atoms with Crippen LogP contribution in [0.5, 0.6) is 5.75 Å². The number of benzene rings is 1. The first-order valence-corrected chi connectivity index (χ1v) is 6.40. The van der Waals surface area contributed by atoms with Crippen molar-refractivity contribution in [2.24, 2.45) is 0 Å². The summed E-state index contributed by atoms with van der Waals surface area (Å²) in [7, 11) is 0. The largest absolute Gasteiger partial charge is 0.482 e. The fourth-order valence-electron chi connectivity index (χ4n) is 1.23. The van der Waals surface area contributed by atoms with Gasteiger partial charge < -0.3 is 15.4 Å². The molecule has 0 saturated carbocycles. The van der Waals surface area contributed by atoms with Gasteiger partial charge in [0.25, 0.3) is 5.91 Å². The number of carbonyl (C=O) groups is 2. The van der Waals surface area contributed by atoms with Crippen molar-refractivity contribution < 1.29 is 14.3 Å². The number of carbonyl (C=O) groups excluding carboxylic acids is 2. The van der Waals surface area contributed by atoms with Gasteiger partial charge in [0.2, 0.25) is 5.91 Å². The molecule has 1 rings (SSSR count). The quantitative estimate of drug-likeness (QED) is 0.839. The smallest absolute Gasteiger partial charge is 0.258 e. The fraction of sp³-hybridized carbons (Fsp3) is 0.333. The van der Waals surface area contributed by atoms with Crippen LogP contribution in [0.3, 0.4) is 0 Å². The molecule has 0 bridgehead atoms. The number of ether oxygens (including phenoxy) is 1. The monoisotopic (exact) mass is 304 g/mol. The Kier molecular flexibility index (Phi) is 6.45. The zero-order valence-electron chi connectivity index (χ0n) is 10.3. The lowest BCUT2D eigenvalue weighted by Gasteiger charge is -2.09. The topological polar surface area (TPSA) is 67.4 Å². The van der Waals surface area contributed by atoms with Crippen LogP contribution in [0.25, 0.3) is 0 Å². The van der Waals surface area contributed by atoms with Gasteiger partial charge in [0, 0.05) is 6.54 Å². The molecule has 0 spiro atoms. The number of likely N-dealkylation sites (N-methyl/N-ethyl adjacent to an activating group) is 1. The number of amides is 2. The molecule has 2 amide bonds. The SMILES string of the molecule is CCNC(=O)CNC(=O)COc1cccc(Cl)c1Cl. The van der Waals surface area contributed by atoms with E-state index in [9.17, 15) is 9.59 Å². The van der Waals surface area contributed by atoms with Crippen molar-refractivity contribution in [2.75, 3.05) is 19.7 Å². The number of halogens is 2. The summed E-state index contributed by atoms with van der Waals surface area (Å²) in [6.07, 6.45) is 0. The van der Waals surface area contributed by atoms with Crippen molar-refractivity contribution in [2.45, 2.75) is 6.92 Å². The highest BCUT2D eigenvalue weighted by Crippen LogP contribution is 2.31. The highest BCUT2D eigenvalue weighted by Gasteiger charge is 2.09. The van der Waals surface area contributed by atoms with E-state index in [0.717, 1.165) is 0 Å². The predicted molar refractivity (Wildman–Crippen MR) is 73.7 cm³/mol. The highest BCUT2D eigenvalue weighted by atomic mass is 35.5. The molecule has 0 fully saturated rings. The van der Waals surface area contributed by atoms with Gasteiger partial charge in [-0.3, -0.25) is 9.59 Å². The van der Waals surface area contributed by atoms with Gasteiger partial charge in [0.05, 0.1) is 11.6 Å². The standard InChI is InChI=1S/C12H14Cl2N2O3/c1-2-15-10(17)6-16-11(18)7-19-9-5-3-4-8(13)12(9)14/h3-5H,2,6-7H2,1H3,(H,15,17)(H,16,18). The molecule has 0 unspecified atom stereocenters. The normalized spacial score (nSPS) is 9.84. The Balaban J connectivity index is 2.38. The van der Waals surface area contributed by atoms with Crippen LogP contribution < -0.4 is 15.4 Å². The molecule has 0 aromatic heterocycles. The molecular formula is C12H14Cl2N2O3. The van der Waals surface area contributed by atoms with Gasteiger partial charge in [0.1, 0.15) is 10.8 Å². The third-order valence-corrected chi connectivity index (χ3v) is 2.90. The van der Waals surface area contributed by atoms with Gasteiger partial charge >= 0.3 is 0 Å². The number of rotatable bonds is 6. The molecule has 2 N–H and O–H groups in total.